The summed E-state index contributed by atoms with van der Waals surface area (Å²) in [6.07, 6.45) is 6.60. The number of hydrogen-bond acceptors (Lipinski definition) is 4. The maximum atomic E-state index is 4.39. The Balaban J connectivity index is 0.00000261. The van der Waals surface area contributed by atoms with Crippen molar-refractivity contribution in [1.29, 1.82) is 0 Å². The van der Waals surface area contributed by atoms with Crippen LogP contribution in [-0.4, -0.2) is 34.3 Å². The third-order valence-electron chi connectivity index (χ3n) is 3.98. The second-order valence-electron chi connectivity index (χ2n) is 5.94. The molecule has 0 unspecified atom stereocenters. The summed E-state index contributed by atoms with van der Waals surface area (Å²) < 4.78 is 1.93. The molecule has 0 bridgehead atoms. The van der Waals surface area contributed by atoms with Crippen LogP contribution >= 0.6 is 35.3 Å². The number of nitrogens with one attached hydrogen (secondary N) is 2. The number of thiazole rings is 1. The normalized spacial score (nSPS) is 11.1. The fourth-order valence-electron chi connectivity index (χ4n) is 2.66. The number of nitrogens with zero attached hydrogens (tertiary/aromatic N) is 4. The molecule has 27 heavy (non-hydrogen) atoms. The summed E-state index contributed by atoms with van der Waals surface area (Å²) in [6.45, 7) is 4.37. The summed E-state index contributed by atoms with van der Waals surface area (Å²) in [4.78, 5) is 9.94. The highest BCUT2D eigenvalue weighted by Gasteiger charge is 2.05. The first-order valence-electron chi connectivity index (χ1n) is 8.64. The van der Waals surface area contributed by atoms with E-state index in [1.165, 1.54) is 16.0 Å². The summed E-state index contributed by atoms with van der Waals surface area (Å²) in [7, 11) is 1.79. The number of benzene rings is 1. The van der Waals surface area contributed by atoms with Gasteiger partial charge < -0.3 is 10.6 Å². The first-order chi connectivity index (χ1) is 12.7. The van der Waals surface area contributed by atoms with Gasteiger partial charge in [-0.15, -0.1) is 35.3 Å². The van der Waals surface area contributed by atoms with Crippen LogP contribution in [0.2, 0.25) is 0 Å². The first kappa shape index (κ1) is 21.4. The number of aromatic nitrogens is 3. The lowest BCUT2D eigenvalue weighted by Crippen LogP contribution is -2.38. The fourth-order valence-corrected chi connectivity index (χ4v) is 3.44. The van der Waals surface area contributed by atoms with Crippen molar-refractivity contribution in [2.24, 2.45) is 4.99 Å². The average molecular weight is 496 g/mol. The van der Waals surface area contributed by atoms with Crippen LogP contribution in [0.15, 0.2) is 53.9 Å². The van der Waals surface area contributed by atoms with Crippen molar-refractivity contribution < 1.29 is 0 Å². The molecule has 0 fully saturated rings. The van der Waals surface area contributed by atoms with Crippen LogP contribution in [0, 0.1) is 6.92 Å². The Morgan fingerprint density at radius 1 is 1.19 bits per heavy atom. The third kappa shape index (κ3) is 6.62. The molecular formula is C19H25IN6S. The Hall–Kier alpha value is -1.94. The molecular weight excluding hydrogens is 471 g/mol. The minimum absolute atomic E-state index is 0. The van der Waals surface area contributed by atoms with E-state index in [-0.39, 0.29) is 24.0 Å². The highest BCUT2D eigenvalue weighted by Crippen LogP contribution is 2.11. The molecule has 0 aliphatic rings. The van der Waals surface area contributed by atoms with Crippen LogP contribution in [0.4, 0.5) is 0 Å². The molecule has 0 saturated carbocycles. The number of hydrogen-bond donors (Lipinski definition) is 2. The number of guanidine groups is 1. The summed E-state index contributed by atoms with van der Waals surface area (Å²) >= 11 is 1.74. The van der Waals surface area contributed by atoms with Crippen LogP contribution in [0.25, 0.3) is 0 Å². The minimum atomic E-state index is 0. The van der Waals surface area contributed by atoms with Gasteiger partial charge in [-0.05, 0) is 24.1 Å². The van der Waals surface area contributed by atoms with Gasteiger partial charge in [0.05, 0.1) is 11.6 Å². The van der Waals surface area contributed by atoms with Gasteiger partial charge in [0.1, 0.15) is 0 Å². The molecule has 8 heteroatoms. The van der Waals surface area contributed by atoms with Gasteiger partial charge in [0, 0.05) is 50.0 Å². The van der Waals surface area contributed by atoms with Crippen LogP contribution < -0.4 is 10.6 Å². The van der Waals surface area contributed by atoms with E-state index in [1.807, 2.05) is 23.1 Å². The smallest absolute Gasteiger partial charge is 0.191 e. The van der Waals surface area contributed by atoms with Gasteiger partial charge in [-0.3, -0.25) is 9.67 Å². The lowest BCUT2D eigenvalue weighted by Gasteiger charge is -2.14. The lowest BCUT2D eigenvalue weighted by molar-refractivity contribution is 0.677. The molecule has 6 nitrogen and oxygen atoms in total. The van der Waals surface area contributed by atoms with E-state index in [9.17, 15) is 0 Å². The van der Waals surface area contributed by atoms with Crippen molar-refractivity contribution in [3.63, 3.8) is 0 Å². The van der Waals surface area contributed by atoms with E-state index in [0.29, 0.717) is 6.54 Å². The molecule has 144 valence electrons. The van der Waals surface area contributed by atoms with Crippen molar-refractivity contribution in [3.8, 4) is 0 Å². The number of aliphatic imine (C=N–C) groups is 1. The Labute approximate surface area is 181 Å². The second-order valence-corrected chi connectivity index (χ2v) is 7.26. The van der Waals surface area contributed by atoms with Crippen LogP contribution in [0.3, 0.4) is 0 Å². The second kappa shape index (κ2) is 11.0. The maximum absolute atomic E-state index is 4.39. The largest absolute Gasteiger partial charge is 0.356 e. The van der Waals surface area contributed by atoms with Gasteiger partial charge in [-0.2, -0.15) is 5.10 Å². The highest BCUT2D eigenvalue weighted by atomic mass is 127. The standard InChI is InChI=1S/C19H24N6S.HI/c1-15-12-22-18(26-15)8-10-21-19(20-2)23-13-16-6-3-4-7-17(16)14-25-11-5-9-24-25;/h3-7,9,11-12H,8,10,13-14H2,1-2H3,(H2,20,21,23);1H. The molecule has 0 spiro atoms. The first-order valence-corrected chi connectivity index (χ1v) is 9.46. The maximum Gasteiger partial charge on any atom is 0.191 e. The van der Waals surface area contributed by atoms with E-state index < -0.39 is 0 Å². The molecule has 1 aromatic carbocycles. The topological polar surface area (TPSA) is 67.1 Å². The Morgan fingerprint density at radius 2 is 2.00 bits per heavy atom. The molecule has 0 aliphatic carbocycles. The Morgan fingerprint density at radius 3 is 2.67 bits per heavy atom. The minimum Gasteiger partial charge on any atom is -0.356 e. The SMILES string of the molecule is CN=C(NCCc1ncc(C)s1)NCc1ccccc1Cn1cccn1.I. The number of halogens is 1. The molecule has 0 atom stereocenters. The quantitative estimate of drug-likeness (QED) is 0.300. The Kier molecular flexibility index (Phi) is 8.73. The van der Waals surface area contributed by atoms with Crippen molar-refractivity contribution in [2.75, 3.05) is 13.6 Å². The van der Waals surface area contributed by atoms with Crippen LogP contribution in [0.1, 0.15) is 21.0 Å². The summed E-state index contributed by atoms with van der Waals surface area (Å²) in [5.74, 6) is 0.798. The van der Waals surface area contributed by atoms with Gasteiger partial charge in [-0.25, -0.2) is 4.98 Å². The zero-order valence-corrected chi connectivity index (χ0v) is 18.7. The molecule has 2 heterocycles. The van der Waals surface area contributed by atoms with E-state index in [1.54, 1.807) is 24.6 Å². The highest BCUT2D eigenvalue weighted by molar-refractivity contribution is 14.0. The summed E-state index contributed by atoms with van der Waals surface area (Å²) in [5, 5.41) is 12.2. The van der Waals surface area contributed by atoms with E-state index >= 15 is 0 Å². The van der Waals surface area contributed by atoms with Crippen LogP contribution in [-0.2, 0) is 19.5 Å². The zero-order valence-electron chi connectivity index (χ0n) is 15.6. The van der Waals surface area contributed by atoms with Gasteiger partial charge in [0.15, 0.2) is 5.96 Å². The van der Waals surface area contributed by atoms with Crippen molar-refractivity contribution in [1.82, 2.24) is 25.4 Å². The van der Waals surface area contributed by atoms with Gasteiger partial charge >= 0.3 is 0 Å². The van der Waals surface area contributed by atoms with E-state index in [4.69, 9.17) is 0 Å². The molecule has 3 aromatic rings. The molecule has 0 aliphatic heterocycles. The third-order valence-corrected chi connectivity index (χ3v) is 4.95. The summed E-state index contributed by atoms with van der Waals surface area (Å²) in [5.41, 5.74) is 2.49. The van der Waals surface area contributed by atoms with Crippen molar-refractivity contribution >= 4 is 41.3 Å². The summed E-state index contributed by atoms with van der Waals surface area (Å²) in [6, 6.07) is 10.3. The fraction of sp³-hybridized carbons (Fsp3) is 0.316. The molecule has 0 saturated heterocycles. The zero-order chi connectivity index (χ0) is 18.2. The number of aryl methyl sites for hydroxylation is 1. The lowest BCUT2D eigenvalue weighted by atomic mass is 10.1. The molecule has 2 N–H and O–H groups in total. The molecule has 3 rings (SSSR count). The van der Waals surface area contributed by atoms with Gasteiger partial charge in [-0.1, -0.05) is 24.3 Å². The predicted octanol–water partition coefficient (Wildman–Crippen LogP) is 3.22. The molecule has 0 radical (unpaired) electrons. The number of rotatable bonds is 7. The van der Waals surface area contributed by atoms with Crippen molar-refractivity contribution in [3.05, 3.63) is 69.9 Å². The van der Waals surface area contributed by atoms with E-state index in [0.717, 1.165) is 30.5 Å². The Bertz CT molecular complexity index is 844. The van der Waals surface area contributed by atoms with Gasteiger partial charge in [0.25, 0.3) is 0 Å². The van der Waals surface area contributed by atoms with Gasteiger partial charge in [0.2, 0.25) is 0 Å². The van der Waals surface area contributed by atoms with E-state index in [2.05, 4.69) is 56.9 Å². The monoisotopic (exact) mass is 496 g/mol. The molecule has 2 aromatic heterocycles. The predicted molar refractivity (Wildman–Crippen MR) is 122 cm³/mol. The van der Waals surface area contributed by atoms with Crippen molar-refractivity contribution in [2.45, 2.75) is 26.4 Å². The van der Waals surface area contributed by atoms with Crippen LogP contribution in [0.5, 0.6) is 0 Å². The molecule has 0 amide bonds. The average Bonchev–Trinajstić information content (AvgIpc) is 3.31.